The van der Waals surface area contributed by atoms with Crippen LogP contribution in [0.15, 0.2) is 30.3 Å². The van der Waals surface area contributed by atoms with E-state index < -0.39 is 0 Å². The van der Waals surface area contributed by atoms with Gasteiger partial charge in [0, 0.05) is 0 Å². The van der Waals surface area contributed by atoms with Gasteiger partial charge in [-0.1, -0.05) is 30.3 Å². The maximum absolute atomic E-state index is 2.35. The Kier molecular flexibility index (Phi) is 3.11. The minimum absolute atomic E-state index is 0.915. The molecule has 1 aliphatic rings. The molecule has 0 amide bonds. The monoisotopic (exact) mass is 204 g/mol. The molecule has 1 aliphatic heterocycles. The summed E-state index contributed by atoms with van der Waals surface area (Å²) in [6, 6.07) is 10.9. The molecule has 1 fully saturated rings. The first kappa shape index (κ1) is 10.7. The number of hydrogen-bond acceptors (Lipinski definition) is 0. The Labute approximate surface area is 93.3 Å². The highest BCUT2D eigenvalue weighted by Crippen LogP contribution is 2.23. The fraction of sp³-hybridized carbons (Fsp3) is 0.571. The Morgan fingerprint density at radius 1 is 1.07 bits per heavy atom. The molecule has 0 unspecified atom stereocenters. The van der Waals surface area contributed by atoms with Gasteiger partial charge in [0.15, 0.2) is 0 Å². The SMILES string of the molecule is C[N+]1(C)CCC(Cc2ccccc2)CC1. The van der Waals surface area contributed by atoms with Crippen molar-refractivity contribution in [2.75, 3.05) is 27.2 Å². The number of benzene rings is 1. The van der Waals surface area contributed by atoms with Gasteiger partial charge >= 0.3 is 0 Å². The average Bonchev–Trinajstić information content (AvgIpc) is 2.23. The minimum atomic E-state index is 0.915. The molecule has 0 bridgehead atoms. The van der Waals surface area contributed by atoms with Crippen LogP contribution in [-0.4, -0.2) is 31.7 Å². The van der Waals surface area contributed by atoms with Crippen LogP contribution in [0, 0.1) is 5.92 Å². The Morgan fingerprint density at radius 3 is 2.27 bits per heavy atom. The van der Waals surface area contributed by atoms with Crippen molar-refractivity contribution >= 4 is 0 Å². The number of piperidine rings is 1. The summed E-state index contributed by atoms with van der Waals surface area (Å²) in [6.07, 6.45) is 4.06. The first-order valence-corrected chi connectivity index (χ1v) is 6.02. The molecule has 2 rings (SSSR count). The van der Waals surface area contributed by atoms with Gasteiger partial charge in [0.1, 0.15) is 0 Å². The quantitative estimate of drug-likeness (QED) is 0.650. The van der Waals surface area contributed by atoms with E-state index in [0.29, 0.717) is 0 Å². The van der Waals surface area contributed by atoms with Crippen molar-refractivity contribution in [3.63, 3.8) is 0 Å². The van der Waals surface area contributed by atoms with Gasteiger partial charge in [0.2, 0.25) is 0 Å². The maximum Gasteiger partial charge on any atom is 0.0785 e. The molecule has 0 N–H and O–H groups in total. The minimum Gasteiger partial charge on any atom is -0.328 e. The fourth-order valence-corrected chi connectivity index (χ4v) is 2.47. The highest BCUT2D eigenvalue weighted by molar-refractivity contribution is 5.15. The first-order valence-electron chi connectivity index (χ1n) is 6.02. The van der Waals surface area contributed by atoms with Crippen LogP contribution in [0.5, 0.6) is 0 Å². The topological polar surface area (TPSA) is 0 Å². The van der Waals surface area contributed by atoms with E-state index >= 15 is 0 Å². The molecular weight excluding hydrogens is 182 g/mol. The van der Waals surface area contributed by atoms with E-state index in [1.54, 1.807) is 0 Å². The van der Waals surface area contributed by atoms with Crippen LogP contribution in [-0.2, 0) is 6.42 Å². The standard InChI is InChI=1S/C14H22N/c1-15(2)10-8-14(9-11-15)12-13-6-4-3-5-7-13/h3-7,14H,8-12H2,1-2H3/q+1. The van der Waals surface area contributed by atoms with Gasteiger partial charge in [0.25, 0.3) is 0 Å². The summed E-state index contributed by atoms with van der Waals surface area (Å²) >= 11 is 0. The normalized spacial score (nSPS) is 21.5. The predicted octanol–water partition coefficient (Wildman–Crippen LogP) is 2.72. The van der Waals surface area contributed by atoms with Crippen LogP contribution < -0.4 is 0 Å². The first-order chi connectivity index (χ1) is 7.16. The van der Waals surface area contributed by atoms with Crippen LogP contribution in [0.4, 0.5) is 0 Å². The van der Waals surface area contributed by atoms with Crippen molar-refractivity contribution in [3.8, 4) is 0 Å². The molecule has 1 aromatic rings. The van der Waals surface area contributed by atoms with E-state index in [1.807, 2.05) is 0 Å². The van der Waals surface area contributed by atoms with Crippen molar-refractivity contribution < 1.29 is 4.48 Å². The lowest BCUT2D eigenvalue weighted by molar-refractivity contribution is -0.896. The van der Waals surface area contributed by atoms with Crippen LogP contribution in [0.25, 0.3) is 0 Å². The molecule has 1 heteroatoms. The van der Waals surface area contributed by atoms with Crippen molar-refractivity contribution in [1.82, 2.24) is 0 Å². The third-order valence-electron chi connectivity index (χ3n) is 3.65. The number of quaternary nitrogens is 1. The van der Waals surface area contributed by atoms with E-state index in [4.69, 9.17) is 0 Å². The van der Waals surface area contributed by atoms with Crippen LogP contribution >= 0.6 is 0 Å². The molecule has 82 valence electrons. The molecule has 1 saturated heterocycles. The molecule has 15 heavy (non-hydrogen) atoms. The third kappa shape index (κ3) is 3.07. The highest BCUT2D eigenvalue weighted by atomic mass is 15.3. The molecular formula is C14H22N+. The Bertz CT molecular complexity index is 292. The van der Waals surface area contributed by atoms with E-state index in [-0.39, 0.29) is 0 Å². The zero-order valence-electron chi connectivity index (χ0n) is 9.95. The van der Waals surface area contributed by atoms with E-state index in [1.165, 1.54) is 42.4 Å². The Morgan fingerprint density at radius 2 is 1.67 bits per heavy atom. The van der Waals surface area contributed by atoms with Crippen LogP contribution in [0.2, 0.25) is 0 Å². The molecule has 0 saturated carbocycles. The zero-order chi connectivity index (χ0) is 10.7. The lowest BCUT2D eigenvalue weighted by Gasteiger charge is -2.37. The van der Waals surface area contributed by atoms with Gasteiger partial charge in [-0.2, -0.15) is 0 Å². The molecule has 1 heterocycles. The largest absolute Gasteiger partial charge is 0.328 e. The summed E-state index contributed by atoms with van der Waals surface area (Å²) in [7, 11) is 4.69. The van der Waals surface area contributed by atoms with Crippen molar-refractivity contribution in [2.24, 2.45) is 5.92 Å². The molecule has 1 nitrogen and oxygen atoms in total. The second kappa shape index (κ2) is 4.36. The molecule has 1 aromatic carbocycles. The summed E-state index contributed by atoms with van der Waals surface area (Å²) < 4.78 is 1.21. The van der Waals surface area contributed by atoms with Crippen LogP contribution in [0.1, 0.15) is 18.4 Å². The summed E-state index contributed by atoms with van der Waals surface area (Å²) in [5, 5.41) is 0. The Hall–Kier alpha value is -0.820. The van der Waals surface area contributed by atoms with Gasteiger partial charge in [-0.05, 0) is 30.7 Å². The third-order valence-corrected chi connectivity index (χ3v) is 3.65. The molecule has 0 atom stereocenters. The van der Waals surface area contributed by atoms with E-state index in [2.05, 4.69) is 44.4 Å². The fourth-order valence-electron chi connectivity index (χ4n) is 2.47. The Balaban J connectivity index is 1.88. The number of rotatable bonds is 2. The van der Waals surface area contributed by atoms with Crippen LogP contribution in [0.3, 0.4) is 0 Å². The van der Waals surface area contributed by atoms with E-state index in [9.17, 15) is 0 Å². The zero-order valence-corrected chi connectivity index (χ0v) is 9.95. The number of hydrogen-bond donors (Lipinski definition) is 0. The molecule has 0 aliphatic carbocycles. The van der Waals surface area contributed by atoms with Crippen molar-refractivity contribution in [3.05, 3.63) is 35.9 Å². The van der Waals surface area contributed by atoms with Gasteiger partial charge in [-0.15, -0.1) is 0 Å². The second-order valence-corrected chi connectivity index (χ2v) is 5.52. The summed E-state index contributed by atoms with van der Waals surface area (Å²) in [4.78, 5) is 0. The lowest BCUT2D eigenvalue weighted by atomic mass is 9.89. The van der Waals surface area contributed by atoms with E-state index in [0.717, 1.165) is 5.92 Å². The van der Waals surface area contributed by atoms with Gasteiger partial charge in [0.05, 0.1) is 27.2 Å². The number of nitrogens with zero attached hydrogens (tertiary/aromatic N) is 1. The summed E-state index contributed by atoms with van der Waals surface area (Å²) in [6.45, 7) is 2.69. The lowest BCUT2D eigenvalue weighted by Crippen LogP contribution is -2.46. The summed E-state index contributed by atoms with van der Waals surface area (Å²) in [5.41, 5.74) is 1.51. The smallest absolute Gasteiger partial charge is 0.0785 e. The average molecular weight is 204 g/mol. The van der Waals surface area contributed by atoms with Crippen molar-refractivity contribution in [1.29, 1.82) is 0 Å². The van der Waals surface area contributed by atoms with Gasteiger partial charge in [-0.25, -0.2) is 0 Å². The maximum atomic E-state index is 2.35. The molecule has 0 spiro atoms. The highest BCUT2D eigenvalue weighted by Gasteiger charge is 2.25. The summed E-state index contributed by atoms with van der Waals surface area (Å²) in [5.74, 6) is 0.915. The van der Waals surface area contributed by atoms with Gasteiger partial charge < -0.3 is 4.48 Å². The second-order valence-electron chi connectivity index (χ2n) is 5.52. The van der Waals surface area contributed by atoms with Gasteiger partial charge in [-0.3, -0.25) is 0 Å². The number of likely N-dealkylation sites (tertiary alicyclic amines) is 1. The molecule has 0 aromatic heterocycles. The molecule has 0 radical (unpaired) electrons. The van der Waals surface area contributed by atoms with Crippen molar-refractivity contribution in [2.45, 2.75) is 19.3 Å². The predicted molar refractivity (Wildman–Crippen MR) is 64.7 cm³/mol.